The molecule has 1 atom stereocenters. The summed E-state index contributed by atoms with van der Waals surface area (Å²) in [5.74, 6) is -0.641. The first-order valence-electron chi connectivity index (χ1n) is 28.4. The SMILES string of the molecule is CC/C=C\C/C=C\C/C=C\C/C=C\C/C=C\C/C=C\CCCCC(=O)OC(CO)COC(=O)CCCCCCCCCCCCCCCCCCCC/C=C\C/C=C\C/C=C\CCCCCCC. The average molecular weight is 944 g/mol. The Balaban J connectivity index is 3.53. The zero-order valence-corrected chi connectivity index (χ0v) is 44.3. The van der Waals surface area contributed by atoms with Gasteiger partial charge in [0.15, 0.2) is 6.10 Å². The number of ether oxygens (including phenoxy) is 2. The minimum absolute atomic E-state index is 0.0881. The molecule has 0 heterocycles. The Bertz CT molecular complexity index is 1340. The summed E-state index contributed by atoms with van der Waals surface area (Å²) in [5.41, 5.74) is 0. The second kappa shape index (κ2) is 57.9. The minimum atomic E-state index is -0.802. The Morgan fingerprint density at radius 2 is 0.632 bits per heavy atom. The second-order valence-corrected chi connectivity index (χ2v) is 18.6. The second-order valence-electron chi connectivity index (χ2n) is 18.6. The van der Waals surface area contributed by atoms with E-state index in [1.165, 1.54) is 141 Å². The molecule has 0 saturated carbocycles. The van der Waals surface area contributed by atoms with Crippen molar-refractivity contribution in [2.24, 2.45) is 0 Å². The molecule has 0 spiro atoms. The molecule has 0 bridgehead atoms. The lowest BCUT2D eigenvalue weighted by molar-refractivity contribution is -0.161. The van der Waals surface area contributed by atoms with Crippen molar-refractivity contribution in [2.45, 2.75) is 264 Å². The van der Waals surface area contributed by atoms with Crippen molar-refractivity contribution in [2.75, 3.05) is 13.2 Å². The molecule has 0 aromatic heterocycles. The van der Waals surface area contributed by atoms with Crippen molar-refractivity contribution in [3.63, 3.8) is 0 Å². The van der Waals surface area contributed by atoms with Gasteiger partial charge in [0.25, 0.3) is 0 Å². The van der Waals surface area contributed by atoms with E-state index in [-0.39, 0.29) is 25.2 Å². The van der Waals surface area contributed by atoms with E-state index in [0.717, 1.165) is 89.9 Å². The molecular formula is C63H106O5. The fourth-order valence-electron chi connectivity index (χ4n) is 7.80. The van der Waals surface area contributed by atoms with Gasteiger partial charge < -0.3 is 14.6 Å². The summed E-state index contributed by atoms with van der Waals surface area (Å²) in [4.78, 5) is 24.5. The number of esters is 2. The van der Waals surface area contributed by atoms with Gasteiger partial charge in [0, 0.05) is 12.8 Å². The monoisotopic (exact) mass is 943 g/mol. The van der Waals surface area contributed by atoms with Gasteiger partial charge in [-0.15, -0.1) is 0 Å². The summed E-state index contributed by atoms with van der Waals surface area (Å²) >= 11 is 0. The molecule has 1 unspecified atom stereocenters. The molecule has 1 N–H and O–H groups in total. The van der Waals surface area contributed by atoms with Crippen LogP contribution in [0.15, 0.2) is 109 Å². The Kier molecular flexibility index (Phi) is 54.9. The van der Waals surface area contributed by atoms with Crippen LogP contribution in [0.3, 0.4) is 0 Å². The van der Waals surface area contributed by atoms with Gasteiger partial charge in [-0.2, -0.15) is 0 Å². The smallest absolute Gasteiger partial charge is 0.306 e. The van der Waals surface area contributed by atoms with E-state index in [2.05, 4.69) is 123 Å². The first-order chi connectivity index (χ1) is 33.6. The van der Waals surface area contributed by atoms with Crippen LogP contribution < -0.4 is 0 Å². The van der Waals surface area contributed by atoms with Crippen LogP contribution in [0.2, 0.25) is 0 Å². The van der Waals surface area contributed by atoms with Crippen LogP contribution in [-0.2, 0) is 19.1 Å². The third kappa shape index (κ3) is 55.2. The molecule has 0 aromatic rings. The van der Waals surface area contributed by atoms with Gasteiger partial charge in [0.1, 0.15) is 6.61 Å². The van der Waals surface area contributed by atoms with Crippen molar-refractivity contribution in [3.8, 4) is 0 Å². The average Bonchev–Trinajstić information content (AvgIpc) is 3.34. The van der Waals surface area contributed by atoms with Gasteiger partial charge in [-0.25, -0.2) is 0 Å². The normalized spacial score (nSPS) is 13.0. The number of aliphatic hydroxyl groups is 1. The topological polar surface area (TPSA) is 72.8 Å². The molecule has 0 rings (SSSR count). The van der Waals surface area contributed by atoms with Crippen LogP contribution in [0.25, 0.3) is 0 Å². The summed E-state index contributed by atoms with van der Waals surface area (Å²) in [5, 5.41) is 9.64. The Morgan fingerprint density at radius 1 is 0.353 bits per heavy atom. The van der Waals surface area contributed by atoms with E-state index < -0.39 is 6.10 Å². The van der Waals surface area contributed by atoms with Crippen LogP contribution in [0, 0.1) is 0 Å². The number of hydrogen-bond donors (Lipinski definition) is 1. The lowest BCUT2D eigenvalue weighted by atomic mass is 10.0. The predicted molar refractivity (Wildman–Crippen MR) is 297 cm³/mol. The molecule has 388 valence electrons. The molecule has 68 heavy (non-hydrogen) atoms. The molecule has 5 heteroatoms. The Labute approximate surface area is 421 Å². The lowest BCUT2D eigenvalue weighted by Gasteiger charge is -2.15. The fraction of sp³-hybridized carbons (Fsp3) is 0.683. The summed E-state index contributed by atoms with van der Waals surface area (Å²) in [6, 6.07) is 0. The van der Waals surface area contributed by atoms with Crippen molar-refractivity contribution in [3.05, 3.63) is 109 Å². The predicted octanol–water partition coefficient (Wildman–Crippen LogP) is 19.3. The largest absolute Gasteiger partial charge is 0.462 e. The highest BCUT2D eigenvalue weighted by Crippen LogP contribution is 2.16. The summed E-state index contributed by atoms with van der Waals surface area (Å²) in [6.07, 6.45) is 83.5. The third-order valence-electron chi connectivity index (χ3n) is 12.1. The van der Waals surface area contributed by atoms with Crippen LogP contribution in [0.4, 0.5) is 0 Å². The molecule has 0 fully saturated rings. The lowest BCUT2D eigenvalue weighted by Crippen LogP contribution is -2.28. The zero-order chi connectivity index (χ0) is 49.2. The van der Waals surface area contributed by atoms with Crippen LogP contribution in [-0.4, -0.2) is 36.4 Å². The Hall–Kier alpha value is -3.44. The highest BCUT2D eigenvalue weighted by molar-refractivity contribution is 5.70. The number of hydrogen-bond acceptors (Lipinski definition) is 5. The highest BCUT2D eigenvalue weighted by atomic mass is 16.6. The van der Waals surface area contributed by atoms with Gasteiger partial charge in [-0.3, -0.25) is 9.59 Å². The quantitative estimate of drug-likeness (QED) is 0.0374. The number of allylic oxidation sites excluding steroid dienone is 18. The number of rotatable bonds is 51. The van der Waals surface area contributed by atoms with Crippen LogP contribution >= 0.6 is 0 Å². The minimum Gasteiger partial charge on any atom is -0.462 e. The van der Waals surface area contributed by atoms with Gasteiger partial charge in [-0.1, -0.05) is 252 Å². The molecule has 0 aromatic carbocycles. The summed E-state index contributed by atoms with van der Waals surface area (Å²) < 4.78 is 10.7. The van der Waals surface area contributed by atoms with Crippen LogP contribution in [0.1, 0.15) is 258 Å². The van der Waals surface area contributed by atoms with Gasteiger partial charge in [-0.05, 0) is 103 Å². The molecule has 0 amide bonds. The highest BCUT2D eigenvalue weighted by Gasteiger charge is 2.16. The number of unbranched alkanes of at least 4 members (excludes halogenated alkanes) is 25. The molecule has 0 radical (unpaired) electrons. The van der Waals surface area contributed by atoms with Crippen molar-refractivity contribution in [1.29, 1.82) is 0 Å². The van der Waals surface area contributed by atoms with E-state index in [9.17, 15) is 14.7 Å². The molecular weight excluding hydrogens is 837 g/mol. The third-order valence-corrected chi connectivity index (χ3v) is 12.1. The van der Waals surface area contributed by atoms with E-state index in [1.54, 1.807) is 0 Å². The number of aliphatic hydroxyl groups excluding tert-OH is 1. The van der Waals surface area contributed by atoms with E-state index >= 15 is 0 Å². The maximum atomic E-state index is 12.3. The van der Waals surface area contributed by atoms with E-state index in [0.29, 0.717) is 12.8 Å². The van der Waals surface area contributed by atoms with Gasteiger partial charge >= 0.3 is 11.9 Å². The first-order valence-corrected chi connectivity index (χ1v) is 28.4. The van der Waals surface area contributed by atoms with Gasteiger partial charge in [0.05, 0.1) is 6.61 Å². The summed E-state index contributed by atoms with van der Waals surface area (Å²) in [7, 11) is 0. The van der Waals surface area contributed by atoms with E-state index in [1.807, 2.05) is 0 Å². The van der Waals surface area contributed by atoms with Gasteiger partial charge in [0.2, 0.25) is 0 Å². The molecule has 5 nitrogen and oxygen atoms in total. The van der Waals surface area contributed by atoms with Crippen molar-refractivity contribution in [1.82, 2.24) is 0 Å². The number of carbonyl (C=O) groups excluding carboxylic acids is 2. The standard InChI is InChI=1S/C63H106O5/c1-3-5-7-9-11-13-15-17-19-21-23-25-26-27-28-29-30-31-32-33-34-35-36-38-39-41-43-45-47-49-51-53-55-57-62(65)67-60-61(59-64)68-63(66)58-56-54-52-50-48-46-44-42-40-37-24-22-20-18-16-14-12-10-8-6-4-2/h6,8,12,14-15,17-18,20-21,23-24,26-27,37,42,44,48,50,61,64H,3-5,7,9-11,13,16,19,22,25,28-36,38-41,43,45-47,49,51-60H2,1-2H3/b8-6-,14-12-,17-15-,20-18-,23-21-,27-26-,37-24-,44-42-,50-48-. The Morgan fingerprint density at radius 3 is 0.985 bits per heavy atom. The maximum Gasteiger partial charge on any atom is 0.306 e. The van der Waals surface area contributed by atoms with Crippen LogP contribution in [0.5, 0.6) is 0 Å². The molecule has 0 aliphatic rings. The summed E-state index contributed by atoms with van der Waals surface area (Å²) in [6.45, 7) is 3.99. The number of carbonyl (C=O) groups is 2. The maximum absolute atomic E-state index is 12.3. The fourth-order valence-corrected chi connectivity index (χ4v) is 7.80. The zero-order valence-electron chi connectivity index (χ0n) is 44.3. The molecule has 0 aliphatic heterocycles. The first kappa shape index (κ1) is 64.6. The van der Waals surface area contributed by atoms with Crippen molar-refractivity contribution >= 4 is 11.9 Å². The van der Waals surface area contributed by atoms with Crippen molar-refractivity contribution < 1.29 is 24.2 Å². The van der Waals surface area contributed by atoms with E-state index in [4.69, 9.17) is 9.47 Å². The molecule has 0 aliphatic carbocycles. The molecule has 0 saturated heterocycles.